The average Bonchev–Trinajstić information content (AvgIpc) is 3.30. The highest BCUT2D eigenvalue weighted by Gasteiger charge is 2.18. The van der Waals surface area contributed by atoms with Crippen molar-refractivity contribution < 1.29 is 14.3 Å². The van der Waals surface area contributed by atoms with Crippen LogP contribution in [-0.4, -0.2) is 50.2 Å². The first-order chi connectivity index (χ1) is 19.7. The van der Waals surface area contributed by atoms with Crippen molar-refractivity contribution in [3.05, 3.63) is 72.2 Å². The van der Waals surface area contributed by atoms with E-state index in [2.05, 4.69) is 31.7 Å². The summed E-state index contributed by atoms with van der Waals surface area (Å²) in [6.45, 7) is 11.1. The number of carbonyl (C=O) groups excluding carboxylic acids is 2. The minimum Gasteiger partial charge on any atom is -0.444 e. The number of ether oxygens (including phenoxy) is 1. The SMILES string of the molecule is C=CCCc1nc2c(N)nc3cccnc3c2n1CCCCNC(=O)c1ccc(CCNC(=O)OC(C)(C)C)cc1. The largest absolute Gasteiger partial charge is 0.444 e. The van der Waals surface area contributed by atoms with Gasteiger partial charge in [0, 0.05) is 37.8 Å². The zero-order valence-corrected chi connectivity index (χ0v) is 24.1. The number of pyridine rings is 2. The van der Waals surface area contributed by atoms with Gasteiger partial charge in [0.05, 0.1) is 5.52 Å². The minimum atomic E-state index is -0.528. The van der Waals surface area contributed by atoms with Crippen molar-refractivity contribution >= 4 is 39.9 Å². The zero-order valence-electron chi connectivity index (χ0n) is 24.1. The summed E-state index contributed by atoms with van der Waals surface area (Å²) in [7, 11) is 0. The number of hydrogen-bond acceptors (Lipinski definition) is 7. The van der Waals surface area contributed by atoms with Crippen LogP contribution >= 0.6 is 0 Å². The standard InChI is InChI=1S/C31H39N7O3/c1-5-6-11-24-37-26-27(25-23(36-28(26)32)10-9-18-33-25)38(24)20-8-7-17-34-29(39)22-14-12-21(13-15-22)16-19-35-30(40)41-31(2,3)4/h5,9-10,12-15,18H,1,6-8,11,16-17,19-20H2,2-4H3,(H2,32,36)(H,34,39)(H,35,40). The van der Waals surface area contributed by atoms with Gasteiger partial charge in [0.15, 0.2) is 5.82 Å². The third kappa shape index (κ3) is 7.81. The number of allylic oxidation sites excluding steroid dienone is 1. The molecule has 10 heteroatoms. The molecule has 0 unspecified atom stereocenters. The number of nitrogen functional groups attached to an aromatic ring is 1. The molecule has 0 aliphatic rings. The van der Waals surface area contributed by atoms with Crippen LogP contribution in [0.4, 0.5) is 10.6 Å². The number of aryl methyl sites for hydroxylation is 2. The normalized spacial score (nSPS) is 11.5. The molecule has 41 heavy (non-hydrogen) atoms. The Hall–Kier alpha value is -4.47. The van der Waals surface area contributed by atoms with Crippen molar-refractivity contribution in [2.75, 3.05) is 18.8 Å². The lowest BCUT2D eigenvalue weighted by atomic mass is 10.1. The van der Waals surface area contributed by atoms with E-state index in [1.165, 1.54) is 0 Å². The lowest BCUT2D eigenvalue weighted by Gasteiger charge is -2.19. The number of anilines is 1. The summed E-state index contributed by atoms with van der Waals surface area (Å²) in [5.41, 5.74) is 10.5. The van der Waals surface area contributed by atoms with Crippen molar-refractivity contribution in [1.29, 1.82) is 0 Å². The molecule has 3 heterocycles. The van der Waals surface area contributed by atoms with Crippen molar-refractivity contribution in [3.8, 4) is 0 Å². The van der Waals surface area contributed by atoms with E-state index in [0.29, 0.717) is 36.4 Å². The fraction of sp³-hybridized carbons (Fsp3) is 0.387. The number of alkyl carbamates (subject to hydrolysis) is 1. The fourth-order valence-electron chi connectivity index (χ4n) is 4.58. The number of imidazole rings is 1. The number of hydrogen-bond donors (Lipinski definition) is 3. The van der Waals surface area contributed by atoms with E-state index >= 15 is 0 Å². The lowest BCUT2D eigenvalue weighted by Crippen LogP contribution is -2.33. The smallest absolute Gasteiger partial charge is 0.407 e. The highest BCUT2D eigenvalue weighted by Crippen LogP contribution is 2.28. The van der Waals surface area contributed by atoms with Gasteiger partial charge in [-0.05, 0) is 76.3 Å². The average molecular weight is 558 g/mol. The van der Waals surface area contributed by atoms with Gasteiger partial charge < -0.3 is 25.7 Å². The molecule has 0 atom stereocenters. The Kier molecular flexibility index (Phi) is 9.54. The van der Waals surface area contributed by atoms with Gasteiger partial charge in [-0.25, -0.2) is 14.8 Å². The maximum Gasteiger partial charge on any atom is 0.407 e. The molecule has 0 radical (unpaired) electrons. The van der Waals surface area contributed by atoms with Crippen LogP contribution in [0.5, 0.6) is 0 Å². The Labute approximate surface area is 240 Å². The van der Waals surface area contributed by atoms with Crippen LogP contribution < -0.4 is 16.4 Å². The van der Waals surface area contributed by atoms with Crippen molar-refractivity contribution in [3.63, 3.8) is 0 Å². The predicted molar refractivity (Wildman–Crippen MR) is 162 cm³/mol. The van der Waals surface area contributed by atoms with Crippen LogP contribution in [0.1, 0.15) is 61.8 Å². The molecule has 4 N–H and O–H groups in total. The Morgan fingerprint density at radius 2 is 1.80 bits per heavy atom. The molecule has 0 saturated carbocycles. The number of fused-ring (bicyclic) bond motifs is 3. The van der Waals surface area contributed by atoms with Gasteiger partial charge in [-0.3, -0.25) is 9.78 Å². The van der Waals surface area contributed by atoms with Crippen molar-refractivity contribution in [2.45, 2.75) is 65.0 Å². The summed E-state index contributed by atoms with van der Waals surface area (Å²) >= 11 is 0. The van der Waals surface area contributed by atoms with Gasteiger partial charge in [0.1, 0.15) is 28.0 Å². The van der Waals surface area contributed by atoms with Crippen molar-refractivity contribution in [1.82, 2.24) is 30.2 Å². The Balaban J connectivity index is 1.29. The first-order valence-electron chi connectivity index (χ1n) is 14.0. The molecule has 2 amide bonds. The van der Waals surface area contributed by atoms with Crippen LogP contribution in [0.25, 0.3) is 22.1 Å². The summed E-state index contributed by atoms with van der Waals surface area (Å²) in [5, 5.41) is 5.76. The first kappa shape index (κ1) is 29.5. The monoisotopic (exact) mass is 557 g/mol. The van der Waals surface area contributed by atoms with Gasteiger partial charge >= 0.3 is 6.09 Å². The zero-order chi connectivity index (χ0) is 29.4. The molecule has 0 saturated heterocycles. The Morgan fingerprint density at radius 1 is 1.02 bits per heavy atom. The van der Waals surface area contributed by atoms with Crippen molar-refractivity contribution in [2.24, 2.45) is 0 Å². The van der Waals surface area contributed by atoms with E-state index in [0.717, 1.165) is 60.2 Å². The molecule has 3 aromatic heterocycles. The molecule has 0 fully saturated rings. The molecule has 4 aromatic rings. The fourth-order valence-corrected chi connectivity index (χ4v) is 4.58. The number of nitrogens with two attached hydrogens (primary N) is 1. The second-order valence-electron chi connectivity index (χ2n) is 10.9. The number of nitrogens with one attached hydrogen (secondary N) is 2. The number of rotatable bonds is 12. The molecule has 4 rings (SSSR count). The van der Waals surface area contributed by atoms with Crippen LogP contribution in [0, 0.1) is 0 Å². The Bertz CT molecular complexity index is 1520. The third-order valence-corrected chi connectivity index (χ3v) is 6.51. The molecule has 1 aromatic carbocycles. The molecule has 0 aliphatic carbocycles. The van der Waals surface area contributed by atoms with Crippen LogP contribution in [0.2, 0.25) is 0 Å². The van der Waals surface area contributed by atoms with E-state index < -0.39 is 11.7 Å². The summed E-state index contributed by atoms with van der Waals surface area (Å²) in [6, 6.07) is 11.2. The predicted octanol–water partition coefficient (Wildman–Crippen LogP) is 4.96. The maximum atomic E-state index is 12.7. The molecule has 216 valence electrons. The summed E-state index contributed by atoms with van der Waals surface area (Å²) in [6.07, 6.45) is 7.03. The molecule has 10 nitrogen and oxygen atoms in total. The highest BCUT2D eigenvalue weighted by atomic mass is 16.6. The topological polar surface area (TPSA) is 137 Å². The summed E-state index contributed by atoms with van der Waals surface area (Å²) < 4.78 is 7.43. The van der Waals surface area contributed by atoms with E-state index in [4.69, 9.17) is 15.5 Å². The third-order valence-electron chi connectivity index (χ3n) is 6.51. The Morgan fingerprint density at radius 3 is 2.54 bits per heavy atom. The van der Waals surface area contributed by atoms with Crippen LogP contribution in [0.3, 0.4) is 0 Å². The van der Waals surface area contributed by atoms with Gasteiger partial charge in [-0.15, -0.1) is 6.58 Å². The molecule has 0 bridgehead atoms. The number of carbonyl (C=O) groups is 2. The second kappa shape index (κ2) is 13.3. The van der Waals surface area contributed by atoms with Gasteiger partial charge in [-0.1, -0.05) is 18.2 Å². The molecular formula is C31H39N7O3. The molecular weight excluding hydrogens is 518 g/mol. The number of nitrogens with zero attached hydrogens (tertiary/aromatic N) is 4. The number of benzene rings is 1. The number of amides is 2. The van der Waals surface area contributed by atoms with E-state index in [1.807, 2.05) is 51.1 Å². The van der Waals surface area contributed by atoms with Gasteiger partial charge in [-0.2, -0.15) is 0 Å². The number of aromatic nitrogens is 4. The molecule has 0 aliphatic heterocycles. The first-order valence-corrected chi connectivity index (χ1v) is 14.0. The second-order valence-corrected chi connectivity index (χ2v) is 10.9. The van der Waals surface area contributed by atoms with Gasteiger partial charge in [0.25, 0.3) is 5.91 Å². The molecule has 0 spiro atoms. The van der Waals surface area contributed by atoms with Gasteiger partial charge in [0.2, 0.25) is 0 Å². The highest BCUT2D eigenvalue weighted by molar-refractivity contribution is 6.04. The van der Waals surface area contributed by atoms with E-state index in [1.54, 1.807) is 18.3 Å². The number of unbranched alkanes of at least 4 members (excludes halogenated alkanes) is 1. The summed E-state index contributed by atoms with van der Waals surface area (Å²) in [5.74, 6) is 1.21. The van der Waals surface area contributed by atoms with E-state index in [9.17, 15) is 9.59 Å². The minimum absolute atomic E-state index is 0.114. The van der Waals surface area contributed by atoms with E-state index in [-0.39, 0.29) is 5.91 Å². The lowest BCUT2D eigenvalue weighted by molar-refractivity contribution is 0.0528. The maximum absolute atomic E-state index is 12.7. The summed E-state index contributed by atoms with van der Waals surface area (Å²) in [4.78, 5) is 38.3. The van der Waals surface area contributed by atoms with Crippen LogP contribution in [0.15, 0.2) is 55.3 Å². The quantitative estimate of drug-likeness (QED) is 0.165. The van der Waals surface area contributed by atoms with Crippen LogP contribution in [-0.2, 0) is 24.1 Å².